The first-order valence-corrected chi connectivity index (χ1v) is 9.16. The van der Waals surface area contributed by atoms with E-state index < -0.39 is 0 Å². The van der Waals surface area contributed by atoms with Gasteiger partial charge < -0.3 is 5.32 Å². The molecule has 0 bridgehead atoms. The van der Waals surface area contributed by atoms with Crippen LogP contribution in [0.2, 0.25) is 0 Å². The number of hydrogen-bond acceptors (Lipinski definition) is 4. The summed E-state index contributed by atoms with van der Waals surface area (Å²) in [4.78, 5) is 4.07. The summed E-state index contributed by atoms with van der Waals surface area (Å²) in [7, 11) is 0. The van der Waals surface area contributed by atoms with Crippen LogP contribution in [0.1, 0.15) is 16.8 Å². The van der Waals surface area contributed by atoms with Crippen molar-refractivity contribution in [3.8, 4) is 0 Å². The van der Waals surface area contributed by atoms with Crippen molar-refractivity contribution in [2.45, 2.75) is 13.3 Å². The fourth-order valence-electron chi connectivity index (χ4n) is 2.93. The second-order valence-corrected chi connectivity index (χ2v) is 7.04. The lowest BCUT2D eigenvalue weighted by molar-refractivity contribution is 0.960. The van der Waals surface area contributed by atoms with Crippen LogP contribution in [0.25, 0.3) is 10.8 Å². The van der Waals surface area contributed by atoms with Gasteiger partial charge in [-0.15, -0.1) is 5.10 Å². The van der Waals surface area contributed by atoms with E-state index in [0.29, 0.717) is 0 Å². The Kier molecular flexibility index (Phi) is 4.63. The number of halogens is 1. The van der Waals surface area contributed by atoms with E-state index in [1.54, 1.807) is 12.4 Å². The predicted molar refractivity (Wildman–Crippen MR) is 109 cm³/mol. The molecule has 0 aliphatic heterocycles. The lowest BCUT2D eigenvalue weighted by Crippen LogP contribution is -2.02. The monoisotopic (exact) mass is 404 g/mol. The number of nitrogens with zero attached hydrogens (tertiary/aromatic N) is 3. The molecule has 128 valence electrons. The number of nitrogens with one attached hydrogen (secondary N) is 1. The van der Waals surface area contributed by atoms with Crippen LogP contribution in [0.5, 0.6) is 0 Å². The molecule has 2 aromatic carbocycles. The van der Waals surface area contributed by atoms with E-state index in [2.05, 4.69) is 67.6 Å². The Morgan fingerprint density at radius 1 is 0.923 bits per heavy atom. The minimum Gasteiger partial charge on any atom is -0.337 e. The molecule has 4 rings (SSSR count). The number of hydrogen-bond donors (Lipinski definition) is 1. The normalized spacial score (nSPS) is 10.8. The summed E-state index contributed by atoms with van der Waals surface area (Å²) in [5.74, 6) is 0.753. The highest BCUT2D eigenvalue weighted by Gasteiger charge is 2.11. The summed E-state index contributed by atoms with van der Waals surface area (Å²) in [5.41, 5.74) is 4.30. The van der Waals surface area contributed by atoms with Crippen LogP contribution in [0.4, 0.5) is 11.5 Å². The van der Waals surface area contributed by atoms with Crippen molar-refractivity contribution in [2.24, 2.45) is 0 Å². The minimum atomic E-state index is 0.727. The van der Waals surface area contributed by atoms with Crippen molar-refractivity contribution in [1.29, 1.82) is 0 Å². The zero-order valence-electron chi connectivity index (χ0n) is 14.3. The fourth-order valence-corrected chi connectivity index (χ4v) is 3.52. The van der Waals surface area contributed by atoms with Gasteiger partial charge in [0.2, 0.25) is 0 Å². The van der Waals surface area contributed by atoms with Crippen molar-refractivity contribution < 1.29 is 0 Å². The summed E-state index contributed by atoms with van der Waals surface area (Å²) < 4.78 is 1.00. The summed E-state index contributed by atoms with van der Waals surface area (Å²) in [6, 6.07) is 18.4. The number of aryl methyl sites for hydroxylation is 1. The molecule has 0 spiro atoms. The van der Waals surface area contributed by atoms with E-state index in [4.69, 9.17) is 0 Å². The highest BCUT2D eigenvalue weighted by Crippen LogP contribution is 2.30. The molecule has 5 heteroatoms. The SMILES string of the molecule is Cc1ccc(Nc2nnc(Cc3ccncc3)c3ccccc23)c(Br)c1. The van der Waals surface area contributed by atoms with Gasteiger partial charge in [0.05, 0.1) is 11.4 Å². The fraction of sp³-hybridized carbons (Fsp3) is 0.0952. The van der Waals surface area contributed by atoms with Crippen LogP contribution in [-0.4, -0.2) is 15.2 Å². The van der Waals surface area contributed by atoms with Crippen LogP contribution >= 0.6 is 15.9 Å². The molecule has 0 aliphatic carbocycles. The zero-order valence-corrected chi connectivity index (χ0v) is 15.9. The van der Waals surface area contributed by atoms with Crippen molar-refractivity contribution in [1.82, 2.24) is 15.2 Å². The first-order chi connectivity index (χ1) is 12.7. The maximum Gasteiger partial charge on any atom is 0.161 e. The van der Waals surface area contributed by atoms with Crippen LogP contribution < -0.4 is 5.32 Å². The van der Waals surface area contributed by atoms with Crippen LogP contribution in [0, 0.1) is 6.92 Å². The minimum absolute atomic E-state index is 0.727. The molecule has 1 N–H and O–H groups in total. The van der Waals surface area contributed by atoms with Crippen LogP contribution in [-0.2, 0) is 6.42 Å². The average molecular weight is 405 g/mol. The van der Waals surface area contributed by atoms with Gasteiger partial charge in [0.15, 0.2) is 5.82 Å². The first kappa shape index (κ1) is 16.7. The zero-order chi connectivity index (χ0) is 17.9. The standard InChI is InChI=1S/C21H17BrN4/c1-14-6-7-19(18(22)12-14)24-21-17-5-3-2-4-16(17)20(25-26-21)13-15-8-10-23-11-9-15/h2-12H,13H2,1H3,(H,24,26). The number of fused-ring (bicyclic) bond motifs is 1. The predicted octanol–water partition coefficient (Wildman–Crippen LogP) is 5.43. The van der Waals surface area contributed by atoms with E-state index in [1.165, 1.54) is 11.1 Å². The molecule has 2 aromatic heterocycles. The quantitative estimate of drug-likeness (QED) is 0.492. The van der Waals surface area contributed by atoms with Crippen molar-refractivity contribution in [3.05, 3.63) is 88.3 Å². The number of aromatic nitrogens is 3. The third kappa shape index (κ3) is 3.44. The molecule has 2 heterocycles. The molecule has 26 heavy (non-hydrogen) atoms. The second kappa shape index (κ2) is 7.22. The summed E-state index contributed by atoms with van der Waals surface area (Å²) >= 11 is 3.61. The Hall–Kier alpha value is -2.79. The molecule has 0 atom stereocenters. The molecule has 0 saturated heterocycles. The molecule has 4 nitrogen and oxygen atoms in total. The molecule has 0 amide bonds. The maximum absolute atomic E-state index is 4.50. The van der Waals surface area contributed by atoms with Gasteiger partial charge in [-0.1, -0.05) is 30.3 Å². The van der Waals surface area contributed by atoms with Gasteiger partial charge in [-0.25, -0.2) is 0 Å². The first-order valence-electron chi connectivity index (χ1n) is 8.37. The molecule has 4 aromatic rings. The van der Waals surface area contributed by atoms with Gasteiger partial charge in [-0.2, -0.15) is 5.10 Å². The summed E-state index contributed by atoms with van der Waals surface area (Å²) in [5, 5.41) is 14.5. The lowest BCUT2D eigenvalue weighted by atomic mass is 10.0. The van der Waals surface area contributed by atoms with Crippen LogP contribution in [0.3, 0.4) is 0 Å². The van der Waals surface area contributed by atoms with E-state index in [9.17, 15) is 0 Å². The van der Waals surface area contributed by atoms with Gasteiger partial charge in [-0.3, -0.25) is 4.98 Å². The van der Waals surface area contributed by atoms with Gasteiger partial charge in [0.1, 0.15) is 0 Å². The van der Waals surface area contributed by atoms with Gasteiger partial charge in [0.25, 0.3) is 0 Å². The number of benzene rings is 2. The molecular formula is C21H17BrN4. The third-order valence-electron chi connectivity index (χ3n) is 4.26. The number of rotatable bonds is 4. The molecular weight excluding hydrogens is 388 g/mol. The van der Waals surface area contributed by atoms with E-state index in [1.807, 2.05) is 30.3 Å². The summed E-state index contributed by atoms with van der Waals surface area (Å²) in [6.45, 7) is 2.07. The highest BCUT2D eigenvalue weighted by atomic mass is 79.9. The van der Waals surface area contributed by atoms with Crippen LogP contribution in [0.15, 0.2) is 71.5 Å². The van der Waals surface area contributed by atoms with E-state index in [0.717, 1.165) is 38.9 Å². The number of anilines is 2. The maximum atomic E-state index is 4.50. The Labute approximate surface area is 160 Å². The average Bonchev–Trinajstić information content (AvgIpc) is 2.66. The molecule has 0 saturated carbocycles. The largest absolute Gasteiger partial charge is 0.337 e. The topological polar surface area (TPSA) is 50.7 Å². The van der Waals surface area contributed by atoms with Crippen molar-refractivity contribution >= 4 is 38.2 Å². The van der Waals surface area contributed by atoms with Gasteiger partial charge in [-0.05, 0) is 58.2 Å². The summed E-state index contributed by atoms with van der Waals surface area (Å²) in [6.07, 6.45) is 4.33. The van der Waals surface area contributed by atoms with Gasteiger partial charge in [0, 0.05) is 34.1 Å². The smallest absolute Gasteiger partial charge is 0.161 e. The Morgan fingerprint density at radius 3 is 2.46 bits per heavy atom. The van der Waals surface area contributed by atoms with Crippen molar-refractivity contribution in [3.63, 3.8) is 0 Å². The Balaban J connectivity index is 1.74. The Bertz CT molecular complexity index is 1060. The highest BCUT2D eigenvalue weighted by molar-refractivity contribution is 9.10. The van der Waals surface area contributed by atoms with E-state index in [-0.39, 0.29) is 0 Å². The third-order valence-corrected chi connectivity index (χ3v) is 4.92. The number of pyridine rings is 1. The molecule has 0 radical (unpaired) electrons. The lowest BCUT2D eigenvalue weighted by Gasteiger charge is -2.12. The Morgan fingerprint density at radius 2 is 1.69 bits per heavy atom. The van der Waals surface area contributed by atoms with E-state index >= 15 is 0 Å². The molecule has 0 fully saturated rings. The molecule has 0 aliphatic rings. The van der Waals surface area contributed by atoms with Gasteiger partial charge >= 0.3 is 0 Å². The second-order valence-electron chi connectivity index (χ2n) is 6.18. The molecule has 0 unspecified atom stereocenters. The van der Waals surface area contributed by atoms with Crippen molar-refractivity contribution in [2.75, 3.05) is 5.32 Å².